The van der Waals surface area contributed by atoms with Crippen molar-refractivity contribution >= 4 is 16.9 Å². The molecular weight excluding hydrogens is 452 g/mol. The Kier molecular flexibility index (Phi) is 7.00. The number of nitrogens with zero attached hydrogens (tertiary/aromatic N) is 4. The van der Waals surface area contributed by atoms with Crippen molar-refractivity contribution in [2.75, 3.05) is 27.9 Å². The monoisotopic (exact) mass is 478 g/mol. The molecule has 10 nitrogen and oxygen atoms in total. The maximum Gasteiger partial charge on any atom is 0.338 e. The molecule has 2 heterocycles. The molecule has 0 aliphatic heterocycles. The largest absolute Gasteiger partial charge is 0.493 e. The molecule has 10 heteroatoms. The van der Waals surface area contributed by atoms with E-state index >= 15 is 0 Å². The van der Waals surface area contributed by atoms with Gasteiger partial charge in [-0.2, -0.15) is 5.10 Å². The number of aromatic nitrogens is 4. The zero-order valence-electron chi connectivity index (χ0n) is 19.9. The van der Waals surface area contributed by atoms with Crippen LogP contribution in [0.1, 0.15) is 29.4 Å². The SMILES string of the molecule is CCCOc1cc(-c2c(C(=O)O)c(Cn3cncn3)nc3cc(OC)c(OC)cc23)ccc1OC. The lowest BCUT2D eigenvalue weighted by Gasteiger charge is -2.18. The minimum absolute atomic E-state index is 0.0480. The predicted molar refractivity (Wildman–Crippen MR) is 129 cm³/mol. The molecule has 0 fully saturated rings. The van der Waals surface area contributed by atoms with Gasteiger partial charge >= 0.3 is 5.97 Å². The van der Waals surface area contributed by atoms with E-state index in [0.717, 1.165) is 6.42 Å². The van der Waals surface area contributed by atoms with Crippen LogP contribution >= 0.6 is 0 Å². The first-order chi connectivity index (χ1) is 17.0. The van der Waals surface area contributed by atoms with Crippen LogP contribution < -0.4 is 18.9 Å². The Balaban J connectivity index is 2.06. The van der Waals surface area contributed by atoms with E-state index < -0.39 is 5.97 Å². The highest BCUT2D eigenvalue weighted by Crippen LogP contribution is 2.41. The molecule has 0 aliphatic rings. The molecule has 0 aliphatic carbocycles. The van der Waals surface area contributed by atoms with Gasteiger partial charge in [-0.3, -0.25) is 0 Å². The Bertz CT molecular complexity index is 1350. The number of hydrogen-bond donors (Lipinski definition) is 1. The highest BCUT2D eigenvalue weighted by atomic mass is 16.5. The summed E-state index contributed by atoms with van der Waals surface area (Å²) in [5, 5.41) is 15.0. The van der Waals surface area contributed by atoms with E-state index in [4.69, 9.17) is 18.9 Å². The fourth-order valence-electron chi connectivity index (χ4n) is 3.91. The summed E-state index contributed by atoms with van der Waals surface area (Å²) in [6, 6.07) is 8.81. The summed E-state index contributed by atoms with van der Waals surface area (Å²) in [7, 11) is 4.62. The van der Waals surface area contributed by atoms with Crippen molar-refractivity contribution in [1.29, 1.82) is 0 Å². The molecular formula is C25H26N4O6. The smallest absolute Gasteiger partial charge is 0.338 e. The maximum absolute atomic E-state index is 12.6. The topological polar surface area (TPSA) is 118 Å². The van der Waals surface area contributed by atoms with E-state index in [1.807, 2.05) is 6.92 Å². The minimum Gasteiger partial charge on any atom is -0.493 e. The molecule has 0 unspecified atom stereocenters. The van der Waals surface area contributed by atoms with Gasteiger partial charge in [-0.15, -0.1) is 0 Å². The second-order valence-corrected chi connectivity index (χ2v) is 7.65. The van der Waals surface area contributed by atoms with Crippen molar-refractivity contribution < 1.29 is 28.8 Å². The number of rotatable bonds is 10. The summed E-state index contributed by atoms with van der Waals surface area (Å²) < 4.78 is 23.8. The average molecular weight is 479 g/mol. The molecule has 2 aromatic heterocycles. The molecule has 0 amide bonds. The molecule has 35 heavy (non-hydrogen) atoms. The zero-order valence-corrected chi connectivity index (χ0v) is 19.9. The third-order valence-electron chi connectivity index (χ3n) is 5.47. The number of benzene rings is 2. The minimum atomic E-state index is -1.12. The van der Waals surface area contributed by atoms with Gasteiger partial charge in [-0.25, -0.2) is 19.4 Å². The summed E-state index contributed by atoms with van der Waals surface area (Å²) in [6.07, 6.45) is 3.71. The lowest BCUT2D eigenvalue weighted by atomic mass is 9.93. The number of carboxylic acids is 1. The Labute approximate surface area is 202 Å². The van der Waals surface area contributed by atoms with E-state index in [0.29, 0.717) is 57.3 Å². The first-order valence-electron chi connectivity index (χ1n) is 11.0. The third kappa shape index (κ3) is 4.68. The molecule has 0 saturated heterocycles. The summed E-state index contributed by atoms with van der Waals surface area (Å²) in [4.78, 5) is 21.3. The summed E-state index contributed by atoms with van der Waals surface area (Å²) in [6.45, 7) is 2.62. The van der Waals surface area contributed by atoms with Gasteiger partial charge in [0.15, 0.2) is 23.0 Å². The van der Waals surface area contributed by atoms with Gasteiger partial charge in [0.2, 0.25) is 0 Å². The van der Waals surface area contributed by atoms with Gasteiger partial charge < -0.3 is 24.1 Å². The molecule has 0 atom stereocenters. The third-order valence-corrected chi connectivity index (χ3v) is 5.47. The molecule has 0 saturated carbocycles. The molecule has 4 aromatic rings. The summed E-state index contributed by atoms with van der Waals surface area (Å²) in [5.41, 5.74) is 2.03. The first kappa shape index (κ1) is 23.8. The zero-order chi connectivity index (χ0) is 24.9. The van der Waals surface area contributed by atoms with E-state index in [-0.39, 0.29) is 12.1 Å². The molecule has 1 N–H and O–H groups in total. The van der Waals surface area contributed by atoms with Crippen molar-refractivity contribution in [3.8, 4) is 34.1 Å². The maximum atomic E-state index is 12.6. The Morgan fingerprint density at radius 2 is 1.74 bits per heavy atom. The standard InChI is InChI=1S/C25H26N4O6/c1-5-8-35-22-9-15(6-7-19(22)32-2)23-16-10-20(33-3)21(34-4)11-17(16)28-18(24(23)25(30)31)12-29-14-26-13-27-29/h6-7,9-11,13-14H,5,8,12H2,1-4H3,(H,30,31). The van der Waals surface area contributed by atoms with Crippen LogP contribution in [0.15, 0.2) is 43.0 Å². The molecule has 0 radical (unpaired) electrons. The highest BCUT2D eigenvalue weighted by molar-refractivity contribution is 6.08. The lowest BCUT2D eigenvalue weighted by molar-refractivity contribution is 0.0696. The number of pyridine rings is 1. The number of carbonyl (C=O) groups is 1. The van der Waals surface area contributed by atoms with Crippen molar-refractivity contribution in [2.45, 2.75) is 19.9 Å². The molecule has 0 spiro atoms. The Hall–Kier alpha value is -4.34. The first-order valence-corrected chi connectivity index (χ1v) is 11.0. The number of ether oxygens (including phenoxy) is 4. The Morgan fingerprint density at radius 1 is 1.00 bits per heavy atom. The summed E-state index contributed by atoms with van der Waals surface area (Å²) >= 11 is 0. The van der Waals surface area contributed by atoms with E-state index in [1.165, 1.54) is 31.6 Å². The normalized spacial score (nSPS) is 10.9. The molecule has 0 bridgehead atoms. The number of carboxylic acid groups (broad SMARTS) is 1. The van der Waals surface area contributed by atoms with E-state index in [2.05, 4.69) is 15.1 Å². The van der Waals surface area contributed by atoms with Crippen LogP contribution in [0.4, 0.5) is 0 Å². The fraction of sp³-hybridized carbons (Fsp3) is 0.280. The van der Waals surface area contributed by atoms with Crippen LogP contribution in [0.2, 0.25) is 0 Å². The number of fused-ring (bicyclic) bond motifs is 1. The number of hydrogen-bond acceptors (Lipinski definition) is 8. The van der Waals surface area contributed by atoms with Crippen molar-refractivity contribution in [3.63, 3.8) is 0 Å². The van der Waals surface area contributed by atoms with Gasteiger partial charge in [0.1, 0.15) is 12.7 Å². The van der Waals surface area contributed by atoms with Crippen LogP contribution in [-0.2, 0) is 6.54 Å². The van der Waals surface area contributed by atoms with Crippen molar-refractivity contribution in [1.82, 2.24) is 19.7 Å². The molecule has 182 valence electrons. The average Bonchev–Trinajstić information content (AvgIpc) is 3.38. The van der Waals surface area contributed by atoms with Crippen LogP contribution in [-0.4, -0.2) is 58.8 Å². The Morgan fingerprint density at radius 3 is 2.37 bits per heavy atom. The predicted octanol–water partition coefficient (Wildman–Crippen LogP) is 4.05. The summed E-state index contributed by atoms with van der Waals surface area (Å²) in [5.74, 6) is 0.895. The van der Waals surface area contributed by atoms with Crippen molar-refractivity contribution in [2.24, 2.45) is 0 Å². The van der Waals surface area contributed by atoms with E-state index in [1.54, 1.807) is 37.4 Å². The van der Waals surface area contributed by atoms with Crippen LogP contribution in [0, 0.1) is 0 Å². The number of methoxy groups -OCH3 is 3. The fourth-order valence-corrected chi connectivity index (χ4v) is 3.91. The van der Waals surface area contributed by atoms with Crippen molar-refractivity contribution in [3.05, 3.63) is 54.2 Å². The second-order valence-electron chi connectivity index (χ2n) is 7.65. The number of aromatic carboxylic acids is 1. The highest BCUT2D eigenvalue weighted by Gasteiger charge is 2.25. The van der Waals surface area contributed by atoms with E-state index in [9.17, 15) is 9.90 Å². The van der Waals surface area contributed by atoms with Gasteiger partial charge in [0.25, 0.3) is 0 Å². The van der Waals surface area contributed by atoms with Gasteiger partial charge in [0, 0.05) is 17.0 Å². The van der Waals surface area contributed by atoms with Crippen LogP contribution in [0.5, 0.6) is 23.0 Å². The van der Waals surface area contributed by atoms with Crippen LogP contribution in [0.3, 0.4) is 0 Å². The molecule has 4 rings (SSSR count). The quantitative estimate of drug-likeness (QED) is 0.360. The van der Waals surface area contributed by atoms with Gasteiger partial charge in [-0.1, -0.05) is 13.0 Å². The second kappa shape index (κ2) is 10.3. The van der Waals surface area contributed by atoms with Crippen LogP contribution in [0.25, 0.3) is 22.0 Å². The molecule has 2 aromatic carbocycles. The van der Waals surface area contributed by atoms with Gasteiger partial charge in [-0.05, 0) is 30.2 Å². The lowest BCUT2D eigenvalue weighted by Crippen LogP contribution is -2.13. The van der Waals surface area contributed by atoms with Gasteiger partial charge in [0.05, 0.1) is 51.3 Å².